The maximum Gasteiger partial charge on any atom is 0.251 e. The molecule has 1 fully saturated rings. The zero-order chi connectivity index (χ0) is 22.3. The van der Waals surface area contributed by atoms with Crippen molar-refractivity contribution in [2.75, 3.05) is 26.7 Å². The maximum atomic E-state index is 13.1. The van der Waals surface area contributed by atoms with Gasteiger partial charge in [0.25, 0.3) is 5.91 Å². The number of hydrogen-bond donors (Lipinski definition) is 1. The van der Waals surface area contributed by atoms with Gasteiger partial charge < -0.3 is 15.1 Å². The second-order valence-electron chi connectivity index (χ2n) is 8.41. The van der Waals surface area contributed by atoms with E-state index in [4.69, 9.17) is 11.6 Å². The van der Waals surface area contributed by atoms with Gasteiger partial charge in [-0.2, -0.15) is 0 Å². The van der Waals surface area contributed by atoms with Crippen LogP contribution in [0.25, 0.3) is 0 Å². The minimum Gasteiger partial charge on any atom is -0.346 e. The number of hydrogen-bond acceptors (Lipinski definition) is 3. The Labute approximate surface area is 184 Å². The fourth-order valence-corrected chi connectivity index (χ4v) is 3.83. The molecule has 1 unspecified atom stereocenters. The topological polar surface area (TPSA) is 69.7 Å². The zero-order valence-corrected chi connectivity index (χ0v) is 19.2. The predicted octanol–water partition coefficient (Wildman–Crippen LogP) is 3.59. The van der Waals surface area contributed by atoms with Crippen LogP contribution in [0.4, 0.5) is 0 Å². The number of nitrogens with zero attached hydrogens (tertiary/aromatic N) is 2. The van der Waals surface area contributed by atoms with Gasteiger partial charge in [-0.1, -0.05) is 38.8 Å². The molecule has 1 aliphatic rings. The third kappa shape index (κ3) is 6.46. The molecule has 1 aromatic rings. The summed E-state index contributed by atoms with van der Waals surface area (Å²) in [6.45, 7) is 7.81. The van der Waals surface area contributed by atoms with Crippen LogP contribution in [0.15, 0.2) is 24.3 Å². The number of nitrogens with one attached hydrogen (secondary N) is 1. The van der Waals surface area contributed by atoms with Crippen LogP contribution in [-0.4, -0.2) is 60.2 Å². The minimum absolute atomic E-state index is 0.0305. The molecule has 1 aliphatic heterocycles. The van der Waals surface area contributed by atoms with E-state index in [2.05, 4.69) is 12.2 Å². The summed E-state index contributed by atoms with van der Waals surface area (Å²) in [5.74, 6) is -0.281. The first-order valence-corrected chi connectivity index (χ1v) is 11.2. The fourth-order valence-electron chi connectivity index (χ4n) is 3.70. The van der Waals surface area contributed by atoms with Crippen LogP contribution in [0.3, 0.4) is 0 Å². The van der Waals surface area contributed by atoms with Crippen molar-refractivity contribution in [3.05, 3.63) is 34.9 Å². The van der Waals surface area contributed by atoms with E-state index in [1.165, 1.54) is 0 Å². The second-order valence-corrected chi connectivity index (χ2v) is 8.85. The SMILES string of the molecule is CCCCN(C)C(=O)C1CCN(C(=O)C(NC(=O)c2ccc(Cl)cc2)C(C)C)CC1. The molecule has 1 heterocycles. The van der Waals surface area contributed by atoms with Crippen molar-refractivity contribution in [2.24, 2.45) is 11.8 Å². The molecule has 6 nitrogen and oxygen atoms in total. The molecule has 2 rings (SSSR count). The molecule has 0 saturated carbocycles. The highest BCUT2D eigenvalue weighted by Gasteiger charge is 2.33. The van der Waals surface area contributed by atoms with Gasteiger partial charge >= 0.3 is 0 Å². The normalized spacial score (nSPS) is 15.7. The first-order chi connectivity index (χ1) is 14.2. The number of piperidine rings is 1. The van der Waals surface area contributed by atoms with Crippen LogP contribution in [0.5, 0.6) is 0 Å². The molecule has 0 spiro atoms. The number of amides is 3. The van der Waals surface area contributed by atoms with Crippen LogP contribution in [0, 0.1) is 11.8 Å². The van der Waals surface area contributed by atoms with Gasteiger partial charge in [0.2, 0.25) is 11.8 Å². The van der Waals surface area contributed by atoms with Gasteiger partial charge in [-0.25, -0.2) is 0 Å². The summed E-state index contributed by atoms with van der Waals surface area (Å²) in [7, 11) is 1.86. The zero-order valence-electron chi connectivity index (χ0n) is 18.5. The van der Waals surface area contributed by atoms with E-state index in [1.807, 2.05) is 25.8 Å². The Bertz CT molecular complexity index is 728. The number of carbonyl (C=O) groups is 3. The Morgan fingerprint density at radius 2 is 1.77 bits per heavy atom. The molecule has 1 N–H and O–H groups in total. The summed E-state index contributed by atoms with van der Waals surface area (Å²) in [5.41, 5.74) is 0.470. The largest absolute Gasteiger partial charge is 0.346 e. The van der Waals surface area contributed by atoms with E-state index in [-0.39, 0.29) is 29.6 Å². The molecule has 0 radical (unpaired) electrons. The lowest BCUT2D eigenvalue weighted by atomic mass is 9.93. The van der Waals surface area contributed by atoms with E-state index in [1.54, 1.807) is 29.2 Å². The molecule has 30 heavy (non-hydrogen) atoms. The average molecular weight is 436 g/mol. The Morgan fingerprint density at radius 1 is 1.17 bits per heavy atom. The van der Waals surface area contributed by atoms with Gasteiger partial charge in [0, 0.05) is 43.2 Å². The summed E-state index contributed by atoms with van der Waals surface area (Å²) < 4.78 is 0. The molecular formula is C23H34ClN3O3. The van der Waals surface area contributed by atoms with E-state index in [9.17, 15) is 14.4 Å². The van der Waals surface area contributed by atoms with E-state index in [0.29, 0.717) is 36.5 Å². The number of benzene rings is 1. The lowest BCUT2D eigenvalue weighted by molar-refractivity contribution is -0.141. The van der Waals surface area contributed by atoms with Crippen LogP contribution >= 0.6 is 11.6 Å². The Morgan fingerprint density at radius 3 is 2.30 bits per heavy atom. The van der Waals surface area contributed by atoms with Crippen LogP contribution in [-0.2, 0) is 9.59 Å². The van der Waals surface area contributed by atoms with Crippen molar-refractivity contribution in [3.8, 4) is 0 Å². The average Bonchev–Trinajstić information content (AvgIpc) is 2.75. The molecule has 166 valence electrons. The second kappa shape index (κ2) is 11.3. The van der Waals surface area contributed by atoms with Gasteiger partial charge in [-0.3, -0.25) is 14.4 Å². The fraction of sp³-hybridized carbons (Fsp3) is 0.609. The number of halogens is 1. The Balaban J connectivity index is 1.94. The third-order valence-electron chi connectivity index (χ3n) is 5.70. The van der Waals surface area contributed by atoms with Crippen LogP contribution in [0.1, 0.15) is 56.8 Å². The number of likely N-dealkylation sites (tertiary alicyclic amines) is 1. The van der Waals surface area contributed by atoms with E-state index >= 15 is 0 Å². The molecule has 7 heteroatoms. The van der Waals surface area contributed by atoms with Gasteiger partial charge in [-0.05, 0) is 49.4 Å². The highest BCUT2D eigenvalue weighted by atomic mass is 35.5. The highest BCUT2D eigenvalue weighted by molar-refractivity contribution is 6.30. The predicted molar refractivity (Wildman–Crippen MR) is 119 cm³/mol. The van der Waals surface area contributed by atoms with Crippen molar-refractivity contribution in [2.45, 2.75) is 52.5 Å². The molecule has 3 amide bonds. The lowest BCUT2D eigenvalue weighted by Crippen LogP contribution is -2.53. The molecule has 0 bridgehead atoms. The monoisotopic (exact) mass is 435 g/mol. The van der Waals surface area contributed by atoms with Crippen molar-refractivity contribution in [3.63, 3.8) is 0 Å². The summed E-state index contributed by atoms with van der Waals surface area (Å²) in [6.07, 6.45) is 3.39. The number of unbranched alkanes of at least 4 members (excludes halogenated alkanes) is 1. The standard InChI is InChI=1S/C23H34ClN3O3/c1-5-6-13-26(4)22(29)18-11-14-27(15-12-18)23(30)20(16(2)3)25-21(28)17-7-9-19(24)10-8-17/h7-10,16,18,20H,5-6,11-15H2,1-4H3,(H,25,28). The first-order valence-electron chi connectivity index (χ1n) is 10.8. The van der Waals surface area contributed by atoms with Gasteiger partial charge in [-0.15, -0.1) is 0 Å². The van der Waals surface area contributed by atoms with Crippen molar-refractivity contribution < 1.29 is 14.4 Å². The number of carbonyl (C=O) groups excluding carboxylic acids is 3. The third-order valence-corrected chi connectivity index (χ3v) is 5.96. The van der Waals surface area contributed by atoms with Crippen LogP contribution in [0.2, 0.25) is 5.02 Å². The van der Waals surface area contributed by atoms with Crippen molar-refractivity contribution in [1.82, 2.24) is 15.1 Å². The number of rotatable bonds is 8. The van der Waals surface area contributed by atoms with E-state index < -0.39 is 6.04 Å². The molecule has 0 aliphatic carbocycles. The molecule has 0 aromatic heterocycles. The minimum atomic E-state index is -0.604. The summed E-state index contributed by atoms with van der Waals surface area (Å²) in [4.78, 5) is 41.9. The van der Waals surface area contributed by atoms with E-state index in [0.717, 1.165) is 19.4 Å². The van der Waals surface area contributed by atoms with Gasteiger partial charge in [0.1, 0.15) is 6.04 Å². The first kappa shape index (κ1) is 24.2. The maximum absolute atomic E-state index is 13.1. The van der Waals surface area contributed by atoms with Crippen LogP contribution < -0.4 is 5.32 Å². The molecule has 1 atom stereocenters. The molecule has 1 saturated heterocycles. The molecule has 1 aromatic carbocycles. The summed E-state index contributed by atoms with van der Waals surface area (Å²) in [5, 5.41) is 3.43. The highest BCUT2D eigenvalue weighted by Crippen LogP contribution is 2.21. The van der Waals surface area contributed by atoms with Crippen molar-refractivity contribution >= 4 is 29.3 Å². The Hall–Kier alpha value is -2.08. The summed E-state index contributed by atoms with van der Waals surface area (Å²) >= 11 is 5.88. The summed E-state index contributed by atoms with van der Waals surface area (Å²) in [6, 6.07) is 5.99. The van der Waals surface area contributed by atoms with Crippen molar-refractivity contribution in [1.29, 1.82) is 0 Å². The quantitative estimate of drug-likeness (QED) is 0.678. The molecular weight excluding hydrogens is 402 g/mol. The Kier molecular flexibility index (Phi) is 9.15. The lowest BCUT2D eigenvalue weighted by Gasteiger charge is -2.36. The smallest absolute Gasteiger partial charge is 0.251 e. The van der Waals surface area contributed by atoms with Gasteiger partial charge in [0.05, 0.1) is 0 Å². The van der Waals surface area contributed by atoms with Gasteiger partial charge in [0.15, 0.2) is 0 Å².